The van der Waals surface area contributed by atoms with Crippen LogP contribution in [0.1, 0.15) is 51.0 Å². The van der Waals surface area contributed by atoms with E-state index in [0.717, 1.165) is 25.1 Å². The van der Waals surface area contributed by atoms with E-state index < -0.39 is 5.60 Å². The maximum absolute atomic E-state index is 12.3. The molecule has 0 radical (unpaired) electrons. The van der Waals surface area contributed by atoms with E-state index in [9.17, 15) is 9.90 Å². The molecular formula is C19H29N3O2. The number of carbonyl (C=O) groups is 1. The second-order valence-electron chi connectivity index (χ2n) is 7.49. The average molecular weight is 331 g/mol. The van der Waals surface area contributed by atoms with Gasteiger partial charge < -0.3 is 10.4 Å². The number of nitrogens with zero attached hydrogens (tertiary/aromatic N) is 2. The fraction of sp³-hybridized carbons (Fsp3) is 0.684. The van der Waals surface area contributed by atoms with E-state index in [1.165, 1.54) is 19.3 Å². The lowest BCUT2D eigenvalue weighted by atomic mass is 9.85. The topological polar surface area (TPSA) is 65.5 Å². The molecule has 0 aromatic carbocycles. The fourth-order valence-corrected chi connectivity index (χ4v) is 3.99. The Morgan fingerprint density at radius 1 is 1.38 bits per heavy atom. The molecule has 0 spiro atoms. The molecule has 1 saturated heterocycles. The zero-order valence-corrected chi connectivity index (χ0v) is 14.6. The first-order valence-electron chi connectivity index (χ1n) is 9.21. The Morgan fingerprint density at radius 3 is 2.79 bits per heavy atom. The third-order valence-corrected chi connectivity index (χ3v) is 5.71. The molecule has 2 atom stereocenters. The van der Waals surface area contributed by atoms with Crippen LogP contribution in [-0.2, 0) is 10.4 Å². The molecule has 1 aliphatic heterocycles. The van der Waals surface area contributed by atoms with Gasteiger partial charge in [-0.2, -0.15) is 0 Å². The van der Waals surface area contributed by atoms with Crippen molar-refractivity contribution in [2.45, 2.75) is 57.1 Å². The number of aliphatic hydroxyl groups is 1. The van der Waals surface area contributed by atoms with E-state index in [4.69, 9.17) is 0 Å². The standard InChI is InChI=1S/C19H29N3O2/c1-15-5-2-3-7-17(15)21-18(23)14-22-11-8-19(24,9-12-22)16-6-4-10-20-13-16/h4,6,10,13,15,17,24H,2-3,5,7-9,11-12,14H2,1H3,(H,21,23). The van der Waals surface area contributed by atoms with Crippen LogP contribution in [0.25, 0.3) is 0 Å². The third kappa shape index (κ3) is 4.14. The summed E-state index contributed by atoms with van der Waals surface area (Å²) in [6.45, 7) is 4.14. The molecule has 2 N–H and O–H groups in total. The lowest BCUT2D eigenvalue weighted by Crippen LogP contribution is -2.49. The number of aromatic nitrogens is 1. The molecule has 3 rings (SSSR count). The second-order valence-corrected chi connectivity index (χ2v) is 7.49. The number of pyridine rings is 1. The number of hydrogen-bond donors (Lipinski definition) is 2. The number of carbonyl (C=O) groups excluding carboxylic acids is 1. The number of amides is 1. The highest BCUT2D eigenvalue weighted by molar-refractivity contribution is 5.78. The summed E-state index contributed by atoms with van der Waals surface area (Å²) in [6, 6.07) is 4.13. The zero-order chi connectivity index (χ0) is 17.0. The number of likely N-dealkylation sites (tertiary alicyclic amines) is 1. The van der Waals surface area contributed by atoms with Gasteiger partial charge in [0.1, 0.15) is 0 Å². The van der Waals surface area contributed by atoms with E-state index in [1.807, 2.05) is 12.1 Å². The predicted octanol–water partition coefficient (Wildman–Crippen LogP) is 2.06. The molecule has 2 fully saturated rings. The Bertz CT molecular complexity index is 541. The van der Waals surface area contributed by atoms with Crippen molar-refractivity contribution >= 4 is 5.91 Å². The van der Waals surface area contributed by atoms with Crippen molar-refractivity contribution in [3.05, 3.63) is 30.1 Å². The van der Waals surface area contributed by atoms with E-state index >= 15 is 0 Å². The highest BCUT2D eigenvalue weighted by atomic mass is 16.3. The number of rotatable bonds is 4. The summed E-state index contributed by atoms with van der Waals surface area (Å²) in [5.41, 5.74) is 0.0733. The number of piperidine rings is 1. The Balaban J connectivity index is 1.47. The first-order chi connectivity index (χ1) is 11.6. The minimum atomic E-state index is -0.806. The third-order valence-electron chi connectivity index (χ3n) is 5.71. The Hall–Kier alpha value is -1.46. The van der Waals surface area contributed by atoms with Crippen LogP contribution in [0.4, 0.5) is 0 Å². The lowest BCUT2D eigenvalue weighted by molar-refractivity contribution is -0.124. The molecule has 2 unspecified atom stereocenters. The maximum Gasteiger partial charge on any atom is 0.234 e. The molecule has 5 nitrogen and oxygen atoms in total. The molecule has 1 saturated carbocycles. The van der Waals surface area contributed by atoms with Crippen molar-refractivity contribution in [3.63, 3.8) is 0 Å². The summed E-state index contributed by atoms with van der Waals surface area (Å²) in [7, 11) is 0. The van der Waals surface area contributed by atoms with Crippen molar-refractivity contribution in [3.8, 4) is 0 Å². The van der Waals surface area contributed by atoms with Crippen LogP contribution in [0.3, 0.4) is 0 Å². The molecule has 2 heterocycles. The van der Waals surface area contributed by atoms with Gasteiger partial charge in [-0.1, -0.05) is 25.8 Å². The van der Waals surface area contributed by atoms with Gasteiger partial charge in [-0.15, -0.1) is 0 Å². The van der Waals surface area contributed by atoms with Gasteiger partial charge in [-0.25, -0.2) is 0 Å². The number of nitrogens with one attached hydrogen (secondary N) is 1. The minimum absolute atomic E-state index is 0.126. The van der Waals surface area contributed by atoms with Gasteiger partial charge in [0.2, 0.25) is 5.91 Å². The van der Waals surface area contributed by atoms with Crippen molar-refractivity contribution < 1.29 is 9.90 Å². The first kappa shape index (κ1) is 17.4. The van der Waals surface area contributed by atoms with Gasteiger partial charge in [0.15, 0.2) is 0 Å². The first-order valence-corrected chi connectivity index (χ1v) is 9.21. The summed E-state index contributed by atoms with van der Waals surface area (Å²) in [6.07, 6.45) is 9.58. The Kier molecular flexibility index (Phi) is 5.51. The predicted molar refractivity (Wildman–Crippen MR) is 93.4 cm³/mol. The van der Waals surface area contributed by atoms with Crippen molar-refractivity contribution in [2.24, 2.45) is 5.92 Å². The minimum Gasteiger partial charge on any atom is -0.385 e. The SMILES string of the molecule is CC1CCCCC1NC(=O)CN1CCC(O)(c2cccnc2)CC1. The quantitative estimate of drug-likeness (QED) is 0.886. The molecular weight excluding hydrogens is 302 g/mol. The lowest BCUT2D eigenvalue weighted by Gasteiger charge is -2.38. The molecule has 132 valence electrons. The number of hydrogen-bond acceptors (Lipinski definition) is 4. The summed E-state index contributed by atoms with van der Waals surface area (Å²) in [5, 5.41) is 14.0. The molecule has 1 aromatic heterocycles. The summed E-state index contributed by atoms with van der Waals surface area (Å²) >= 11 is 0. The van der Waals surface area contributed by atoms with Crippen molar-refractivity contribution in [1.82, 2.24) is 15.2 Å². The largest absolute Gasteiger partial charge is 0.385 e. The van der Waals surface area contributed by atoms with Gasteiger partial charge in [0.25, 0.3) is 0 Å². The van der Waals surface area contributed by atoms with E-state index in [1.54, 1.807) is 12.4 Å². The molecule has 2 aliphatic rings. The van der Waals surface area contributed by atoms with Crippen LogP contribution in [0, 0.1) is 5.92 Å². The highest BCUT2D eigenvalue weighted by Gasteiger charge is 2.34. The summed E-state index contributed by atoms with van der Waals surface area (Å²) in [5.74, 6) is 0.709. The summed E-state index contributed by atoms with van der Waals surface area (Å²) in [4.78, 5) is 18.6. The molecule has 24 heavy (non-hydrogen) atoms. The molecule has 5 heteroatoms. The Labute approximate surface area is 144 Å². The summed E-state index contributed by atoms with van der Waals surface area (Å²) < 4.78 is 0. The highest BCUT2D eigenvalue weighted by Crippen LogP contribution is 2.32. The maximum atomic E-state index is 12.3. The smallest absolute Gasteiger partial charge is 0.234 e. The van der Waals surface area contributed by atoms with E-state index in [2.05, 4.69) is 22.1 Å². The van der Waals surface area contributed by atoms with Crippen LogP contribution in [0.2, 0.25) is 0 Å². The van der Waals surface area contributed by atoms with Gasteiger partial charge in [0.05, 0.1) is 12.1 Å². The van der Waals surface area contributed by atoms with Crippen molar-refractivity contribution in [2.75, 3.05) is 19.6 Å². The molecule has 0 bridgehead atoms. The molecule has 1 aromatic rings. The average Bonchev–Trinajstić information content (AvgIpc) is 2.60. The monoisotopic (exact) mass is 331 g/mol. The van der Waals surface area contributed by atoms with Crippen LogP contribution in [0.5, 0.6) is 0 Å². The van der Waals surface area contributed by atoms with E-state index in [-0.39, 0.29) is 5.91 Å². The van der Waals surface area contributed by atoms with Gasteiger partial charge in [0, 0.05) is 37.1 Å². The van der Waals surface area contributed by atoms with Crippen LogP contribution >= 0.6 is 0 Å². The Morgan fingerprint density at radius 2 is 2.12 bits per heavy atom. The van der Waals surface area contributed by atoms with E-state index in [0.29, 0.717) is 31.3 Å². The van der Waals surface area contributed by atoms with Crippen LogP contribution in [-0.4, -0.2) is 46.6 Å². The second kappa shape index (κ2) is 7.62. The van der Waals surface area contributed by atoms with Crippen LogP contribution < -0.4 is 5.32 Å². The molecule has 1 amide bonds. The van der Waals surface area contributed by atoms with Gasteiger partial charge >= 0.3 is 0 Å². The van der Waals surface area contributed by atoms with Crippen LogP contribution in [0.15, 0.2) is 24.5 Å². The zero-order valence-electron chi connectivity index (χ0n) is 14.6. The van der Waals surface area contributed by atoms with Gasteiger partial charge in [-0.05, 0) is 37.7 Å². The molecule has 1 aliphatic carbocycles. The normalized spacial score (nSPS) is 27.6. The fourth-order valence-electron chi connectivity index (χ4n) is 3.99. The van der Waals surface area contributed by atoms with Crippen molar-refractivity contribution in [1.29, 1.82) is 0 Å². The van der Waals surface area contributed by atoms with Gasteiger partial charge in [-0.3, -0.25) is 14.7 Å².